The first-order chi connectivity index (χ1) is 9.67. The number of para-hydroxylation sites is 1. The number of nitrogens with one attached hydrogen (secondary N) is 1. The third kappa shape index (κ3) is 1.81. The zero-order chi connectivity index (χ0) is 14.2. The number of rotatable bonds is 2. The molecular weight excluding hydrogens is 262 g/mol. The van der Waals surface area contributed by atoms with Crippen molar-refractivity contribution in [2.45, 2.75) is 5.79 Å². The Balaban J connectivity index is 2.02. The predicted molar refractivity (Wildman–Crippen MR) is 69.7 cm³/mol. The molecule has 0 unspecified atom stereocenters. The number of methoxy groups -OCH3 is 1. The molecule has 1 spiro atoms. The Morgan fingerprint density at radius 1 is 1.40 bits per heavy atom. The number of ether oxygens (including phenoxy) is 3. The quantitative estimate of drug-likeness (QED) is 0.644. The zero-order valence-electron chi connectivity index (χ0n) is 10.8. The van der Waals surface area contributed by atoms with Gasteiger partial charge >= 0.3 is 5.97 Å². The molecule has 6 nitrogen and oxygen atoms in total. The van der Waals surface area contributed by atoms with Crippen LogP contribution >= 0.6 is 0 Å². The van der Waals surface area contributed by atoms with Crippen molar-refractivity contribution in [3.63, 3.8) is 0 Å². The zero-order valence-corrected chi connectivity index (χ0v) is 10.8. The molecule has 0 atom stereocenters. The van der Waals surface area contributed by atoms with Crippen LogP contribution in [0.4, 0.5) is 5.69 Å². The molecule has 20 heavy (non-hydrogen) atoms. The summed E-state index contributed by atoms with van der Waals surface area (Å²) in [7, 11) is 1.30. The first kappa shape index (κ1) is 12.8. The van der Waals surface area contributed by atoms with E-state index in [1.165, 1.54) is 13.2 Å². The Hall–Kier alpha value is -2.18. The summed E-state index contributed by atoms with van der Waals surface area (Å²) >= 11 is 0. The number of amides is 1. The van der Waals surface area contributed by atoms with Crippen molar-refractivity contribution in [3.8, 4) is 0 Å². The van der Waals surface area contributed by atoms with Crippen LogP contribution in [0.25, 0.3) is 6.08 Å². The second-order valence-corrected chi connectivity index (χ2v) is 4.39. The molecule has 104 valence electrons. The van der Waals surface area contributed by atoms with Gasteiger partial charge in [0.15, 0.2) is 0 Å². The standard InChI is InChI=1S/C14H13NO5/c1-18-11(16)6-5-9-3-2-4-10-12(9)15-13(17)14(10)19-7-8-20-14/h2-6H,7-8H2,1H3,(H,15,17)/b6-5+. The average molecular weight is 275 g/mol. The third-order valence-corrected chi connectivity index (χ3v) is 3.28. The van der Waals surface area contributed by atoms with Gasteiger partial charge in [-0.3, -0.25) is 4.79 Å². The molecule has 1 amide bonds. The van der Waals surface area contributed by atoms with Gasteiger partial charge in [0.2, 0.25) is 0 Å². The first-order valence-corrected chi connectivity index (χ1v) is 6.16. The van der Waals surface area contributed by atoms with Gasteiger partial charge in [0.1, 0.15) is 0 Å². The molecule has 0 aliphatic carbocycles. The van der Waals surface area contributed by atoms with Crippen LogP contribution in [0.5, 0.6) is 0 Å². The molecule has 0 saturated carbocycles. The van der Waals surface area contributed by atoms with E-state index < -0.39 is 11.8 Å². The van der Waals surface area contributed by atoms with Crippen molar-refractivity contribution in [1.82, 2.24) is 0 Å². The van der Waals surface area contributed by atoms with E-state index in [-0.39, 0.29) is 5.91 Å². The Kier molecular flexibility index (Phi) is 3.04. The van der Waals surface area contributed by atoms with Crippen molar-refractivity contribution < 1.29 is 23.8 Å². The van der Waals surface area contributed by atoms with Gasteiger partial charge in [0.05, 0.1) is 26.0 Å². The maximum absolute atomic E-state index is 12.1. The van der Waals surface area contributed by atoms with Gasteiger partial charge in [-0.25, -0.2) is 4.79 Å². The molecule has 3 rings (SSSR count). The summed E-state index contributed by atoms with van der Waals surface area (Å²) < 4.78 is 15.5. The molecule has 0 bridgehead atoms. The molecule has 0 radical (unpaired) electrons. The molecule has 2 aliphatic rings. The molecule has 2 aliphatic heterocycles. The van der Waals surface area contributed by atoms with Crippen LogP contribution in [0, 0.1) is 0 Å². The fraction of sp³-hybridized carbons (Fsp3) is 0.286. The predicted octanol–water partition coefficient (Wildman–Crippen LogP) is 1.02. The largest absolute Gasteiger partial charge is 0.466 e. The smallest absolute Gasteiger partial charge is 0.330 e. The molecule has 2 heterocycles. The maximum atomic E-state index is 12.1. The van der Waals surface area contributed by atoms with Crippen LogP contribution in [0.2, 0.25) is 0 Å². The highest BCUT2D eigenvalue weighted by Crippen LogP contribution is 2.43. The number of hydrogen-bond donors (Lipinski definition) is 1. The van der Waals surface area contributed by atoms with Gasteiger partial charge < -0.3 is 19.5 Å². The summed E-state index contributed by atoms with van der Waals surface area (Å²) in [5, 5.41) is 2.75. The van der Waals surface area contributed by atoms with E-state index in [2.05, 4.69) is 10.1 Å². The van der Waals surface area contributed by atoms with Gasteiger partial charge in [-0.1, -0.05) is 18.2 Å². The lowest BCUT2D eigenvalue weighted by atomic mass is 10.0. The van der Waals surface area contributed by atoms with Crippen LogP contribution < -0.4 is 5.32 Å². The first-order valence-electron chi connectivity index (χ1n) is 6.16. The van der Waals surface area contributed by atoms with Crippen LogP contribution in [0.1, 0.15) is 11.1 Å². The molecule has 6 heteroatoms. The van der Waals surface area contributed by atoms with Gasteiger partial charge in [-0.15, -0.1) is 0 Å². The number of benzene rings is 1. The molecule has 0 aromatic heterocycles. The minimum absolute atomic E-state index is 0.344. The number of fused-ring (bicyclic) bond motifs is 2. The second-order valence-electron chi connectivity index (χ2n) is 4.39. The van der Waals surface area contributed by atoms with Gasteiger partial charge in [-0.05, 0) is 11.6 Å². The van der Waals surface area contributed by atoms with Crippen molar-refractivity contribution in [3.05, 3.63) is 35.4 Å². The number of esters is 1. The minimum Gasteiger partial charge on any atom is -0.466 e. The monoisotopic (exact) mass is 275 g/mol. The Bertz CT molecular complexity index is 602. The highest BCUT2D eigenvalue weighted by Gasteiger charge is 2.52. The van der Waals surface area contributed by atoms with Gasteiger partial charge in [0.25, 0.3) is 11.7 Å². The van der Waals surface area contributed by atoms with Crippen LogP contribution in [0.3, 0.4) is 0 Å². The summed E-state index contributed by atoms with van der Waals surface area (Å²) in [4.78, 5) is 23.3. The summed E-state index contributed by atoms with van der Waals surface area (Å²) in [6.07, 6.45) is 2.88. The summed E-state index contributed by atoms with van der Waals surface area (Å²) in [5.41, 5.74) is 1.92. The van der Waals surface area contributed by atoms with Crippen LogP contribution in [0.15, 0.2) is 24.3 Å². The fourth-order valence-corrected chi connectivity index (χ4v) is 2.37. The lowest BCUT2D eigenvalue weighted by molar-refractivity contribution is -0.178. The van der Waals surface area contributed by atoms with Crippen molar-refractivity contribution in [1.29, 1.82) is 0 Å². The maximum Gasteiger partial charge on any atom is 0.330 e. The molecule has 1 saturated heterocycles. The SMILES string of the molecule is COC(=O)/C=C/c1cccc2c1NC(=O)C21OCCO1. The van der Waals surface area contributed by atoms with E-state index in [4.69, 9.17) is 9.47 Å². The van der Waals surface area contributed by atoms with Crippen molar-refractivity contribution in [2.75, 3.05) is 25.6 Å². The third-order valence-electron chi connectivity index (χ3n) is 3.28. The second kappa shape index (κ2) is 4.73. The number of carbonyl (C=O) groups is 2. The molecular formula is C14H13NO5. The van der Waals surface area contributed by atoms with Crippen molar-refractivity contribution >= 4 is 23.6 Å². The van der Waals surface area contributed by atoms with E-state index in [9.17, 15) is 9.59 Å². The number of hydrogen-bond acceptors (Lipinski definition) is 5. The van der Waals surface area contributed by atoms with Crippen LogP contribution in [-0.2, 0) is 29.6 Å². The number of carbonyl (C=O) groups excluding carboxylic acids is 2. The normalized spacial score (nSPS) is 19.4. The Labute approximate surface area is 115 Å². The number of anilines is 1. The molecule has 1 N–H and O–H groups in total. The lowest BCUT2D eigenvalue weighted by Gasteiger charge is -2.19. The summed E-state index contributed by atoms with van der Waals surface area (Å²) in [5.74, 6) is -2.15. The molecule has 1 fully saturated rings. The highest BCUT2D eigenvalue weighted by molar-refractivity contribution is 6.06. The topological polar surface area (TPSA) is 73.9 Å². The van der Waals surface area contributed by atoms with E-state index in [0.29, 0.717) is 30.0 Å². The van der Waals surface area contributed by atoms with Crippen molar-refractivity contribution in [2.24, 2.45) is 0 Å². The fourth-order valence-electron chi connectivity index (χ4n) is 2.37. The highest BCUT2D eigenvalue weighted by atomic mass is 16.7. The summed E-state index contributed by atoms with van der Waals surface area (Å²) in [6, 6.07) is 5.34. The van der Waals surface area contributed by atoms with E-state index >= 15 is 0 Å². The summed E-state index contributed by atoms with van der Waals surface area (Å²) in [6.45, 7) is 0.740. The van der Waals surface area contributed by atoms with Crippen LogP contribution in [-0.4, -0.2) is 32.2 Å². The van der Waals surface area contributed by atoms with E-state index in [0.717, 1.165) is 0 Å². The van der Waals surface area contributed by atoms with E-state index in [1.54, 1.807) is 24.3 Å². The average Bonchev–Trinajstić information content (AvgIpc) is 3.05. The van der Waals surface area contributed by atoms with E-state index in [1.807, 2.05) is 0 Å². The lowest BCUT2D eigenvalue weighted by Crippen LogP contribution is -2.35. The van der Waals surface area contributed by atoms with Gasteiger partial charge in [-0.2, -0.15) is 0 Å². The Morgan fingerprint density at radius 3 is 2.85 bits per heavy atom. The van der Waals surface area contributed by atoms with Gasteiger partial charge in [0, 0.05) is 11.6 Å². The minimum atomic E-state index is -1.34. The Morgan fingerprint density at radius 2 is 2.15 bits per heavy atom. The molecule has 1 aromatic carbocycles. The molecule has 1 aromatic rings.